The molecule has 2 fully saturated rings. The molecule has 2 aliphatic heterocycles. The second-order valence-electron chi connectivity index (χ2n) is 8.02. The third kappa shape index (κ3) is 4.85. The summed E-state index contributed by atoms with van der Waals surface area (Å²) in [6.07, 6.45) is 0.162. The molecule has 32 heavy (non-hydrogen) atoms. The SMILES string of the molecule is COc1ccc(N2CCN(C(=O)CNC(=O)[C@H]3CC(=O)N(c4ccccc4)C3)CC2)cc1. The van der Waals surface area contributed by atoms with Crippen LogP contribution in [-0.4, -0.2) is 69.0 Å². The normalized spacial score (nSPS) is 18.6. The Morgan fingerprint density at radius 2 is 1.66 bits per heavy atom. The van der Waals surface area contributed by atoms with Crippen molar-refractivity contribution in [2.45, 2.75) is 6.42 Å². The summed E-state index contributed by atoms with van der Waals surface area (Å²) in [5.74, 6) is -0.0483. The minimum Gasteiger partial charge on any atom is -0.497 e. The lowest BCUT2D eigenvalue weighted by Crippen LogP contribution is -2.51. The van der Waals surface area contributed by atoms with Crippen molar-refractivity contribution in [3.8, 4) is 5.75 Å². The first-order valence-corrected chi connectivity index (χ1v) is 10.8. The number of anilines is 2. The first kappa shape index (κ1) is 21.7. The van der Waals surface area contributed by atoms with Gasteiger partial charge in [0.2, 0.25) is 17.7 Å². The summed E-state index contributed by atoms with van der Waals surface area (Å²) in [4.78, 5) is 43.1. The van der Waals surface area contributed by atoms with E-state index in [-0.39, 0.29) is 30.7 Å². The third-order valence-corrected chi connectivity index (χ3v) is 6.05. The largest absolute Gasteiger partial charge is 0.497 e. The van der Waals surface area contributed by atoms with Gasteiger partial charge in [-0.2, -0.15) is 0 Å². The zero-order chi connectivity index (χ0) is 22.5. The number of hydrogen-bond acceptors (Lipinski definition) is 5. The molecule has 0 spiro atoms. The Morgan fingerprint density at radius 3 is 2.31 bits per heavy atom. The number of para-hydroxylation sites is 1. The Hall–Kier alpha value is -3.55. The van der Waals surface area contributed by atoms with Crippen LogP contribution in [-0.2, 0) is 14.4 Å². The van der Waals surface area contributed by atoms with Crippen molar-refractivity contribution >= 4 is 29.1 Å². The lowest BCUT2D eigenvalue weighted by molar-refractivity contribution is -0.134. The van der Waals surface area contributed by atoms with Crippen LogP contribution >= 0.6 is 0 Å². The number of methoxy groups -OCH3 is 1. The van der Waals surface area contributed by atoms with E-state index in [1.165, 1.54) is 0 Å². The molecule has 3 amide bonds. The molecule has 0 saturated carbocycles. The molecule has 0 unspecified atom stereocenters. The van der Waals surface area contributed by atoms with Crippen molar-refractivity contribution in [1.29, 1.82) is 0 Å². The molecule has 0 bridgehead atoms. The topological polar surface area (TPSA) is 82.2 Å². The number of hydrogen-bond donors (Lipinski definition) is 1. The number of amides is 3. The quantitative estimate of drug-likeness (QED) is 0.743. The molecule has 4 rings (SSSR count). The van der Waals surface area contributed by atoms with Crippen LogP contribution < -0.4 is 19.9 Å². The Balaban J connectivity index is 1.23. The second-order valence-corrected chi connectivity index (χ2v) is 8.02. The molecule has 0 aliphatic carbocycles. The lowest BCUT2D eigenvalue weighted by atomic mass is 10.1. The van der Waals surface area contributed by atoms with Crippen LogP contribution in [0.2, 0.25) is 0 Å². The first-order chi connectivity index (χ1) is 15.5. The summed E-state index contributed by atoms with van der Waals surface area (Å²) in [5.41, 5.74) is 1.89. The summed E-state index contributed by atoms with van der Waals surface area (Å²) < 4.78 is 5.20. The van der Waals surface area contributed by atoms with Gasteiger partial charge in [-0.1, -0.05) is 18.2 Å². The van der Waals surface area contributed by atoms with E-state index < -0.39 is 5.92 Å². The van der Waals surface area contributed by atoms with Crippen molar-refractivity contribution in [3.05, 3.63) is 54.6 Å². The van der Waals surface area contributed by atoms with Gasteiger partial charge in [0.1, 0.15) is 5.75 Å². The lowest BCUT2D eigenvalue weighted by Gasteiger charge is -2.36. The van der Waals surface area contributed by atoms with E-state index in [1.54, 1.807) is 16.9 Å². The van der Waals surface area contributed by atoms with Crippen molar-refractivity contribution in [3.63, 3.8) is 0 Å². The Kier molecular flexibility index (Phi) is 6.58. The second kappa shape index (κ2) is 9.72. The molecular formula is C24H28N4O4. The molecule has 1 atom stereocenters. The zero-order valence-corrected chi connectivity index (χ0v) is 18.2. The van der Waals surface area contributed by atoms with Crippen LogP contribution in [0.4, 0.5) is 11.4 Å². The summed E-state index contributed by atoms with van der Waals surface area (Å²) in [6.45, 7) is 2.96. The summed E-state index contributed by atoms with van der Waals surface area (Å²) in [6, 6.07) is 17.2. The highest BCUT2D eigenvalue weighted by Crippen LogP contribution is 2.25. The maximum absolute atomic E-state index is 12.6. The van der Waals surface area contributed by atoms with Gasteiger partial charge in [0.15, 0.2) is 0 Å². The molecule has 168 valence electrons. The van der Waals surface area contributed by atoms with Gasteiger partial charge in [0.25, 0.3) is 0 Å². The molecule has 1 N–H and O–H groups in total. The van der Waals surface area contributed by atoms with Crippen LogP contribution in [0.25, 0.3) is 0 Å². The smallest absolute Gasteiger partial charge is 0.242 e. The van der Waals surface area contributed by atoms with E-state index in [2.05, 4.69) is 10.2 Å². The highest BCUT2D eigenvalue weighted by molar-refractivity contribution is 6.00. The van der Waals surface area contributed by atoms with Crippen LogP contribution in [0.3, 0.4) is 0 Å². The van der Waals surface area contributed by atoms with Crippen LogP contribution in [0.1, 0.15) is 6.42 Å². The van der Waals surface area contributed by atoms with E-state index in [1.807, 2.05) is 54.6 Å². The van der Waals surface area contributed by atoms with Crippen LogP contribution in [0.5, 0.6) is 5.75 Å². The molecule has 8 nitrogen and oxygen atoms in total. The Labute approximate surface area is 187 Å². The number of nitrogens with zero attached hydrogens (tertiary/aromatic N) is 3. The Bertz CT molecular complexity index is 956. The minimum atomic E-state index is -0.442. The van der Waals surface area contributed by atoms with Crippen LogP contribution in [0, 0.1) is 5.92 Å². The number of nitrogens with one attached hydrogen (secondary N) is 1. The van der Waals surface area contributed by atoms with Gasteiger partial charge in [-0.3, -0.25) is 14.4 Å². The van der Waals surface area contributed by atoms with E-state index in [9.17, 15) is 14.4 Å². The third-order valence-electron chi connectivity index (χ3n) is 6.05. The van der Waals surface area contributed by atoms with E-state index >= 15 is 0 Å². The summed E-state index contributed by atoms with van der Waals surface area (Å²) in [7, 11) is 1.64. The fourth-order valence-corrected chi connectivity index (χ4v) is 4.17. The monoisotopic (exact) mass is 436 g/mol. The van der Waals surface area contributed by atoms with Gasteiger partial charge in [-0.25, -0.2) is 0 Å². The molecule has 0 radical (unpaired) electrons. The predicted octanol–water partition coefficient (Wildman–Crippen LogP) is 1.51. The van der Waals surface area contributed by atoms with E-state index in [0.29, 0.717) is 19.6 Å². The minimum absolute atomic E-state index is 0.0442. The van der Waals surface area contributed by atoms with Gasteiger partial charge in [-0.15, -0.1) is 0 Å². The fourth-order valence-electron chi connectivity index (χ4n) is 4.17. The average molecular weight is 437 g/mol. The molecule has 8 heteroatoms. The van der Waals surface area contributed by atoms with E-state index in [4.69, 9.17) is 4.74 Å². The fraction of sp³-hybridized carbons (Fsp3) is 0.375. The number of benzene rings is 2. The van der Waals surface area contributed by atoms with Crippen LogP contribution in [0.15, 0.2) is 54.6 Å². The molecule has 2 aromatic carbocycles. The van der Waals surface area contributed by atoms with Crippen molar-refractivity contribution in [2.75, 3.05) is 56.2 Å². The molecule has 0 aromatic heterocycles. The van der Waals surface area contributed by atoms with Gasteiger partial charge in [0, 0.05) is 50.5 Å². The predicted molar refractivity (Wildman–Crippen MR) is 122 cm³/mol. The van der Waals surface area contributed by atoms with Crippen molar-refractivity contribution < 1.29 is 19.1 Å². The number of rotatable bonds is 6. The number of ether oxygens (including phenoxy) is 1. The maximum atomic E-state index is 12.6. The molecule has 2 heterocycles. The van der Waals surface area contributed by atoms with Gasteiger partial charge >= 0.3 is 0 Å². The van der Waals surface area contributed by atoms with Gasteiger partial charge in [-0.05, 0) is 36.4 Å². The van der Waals surface area contributed by atoms with Crippen molar-refractivity contribution in [1.82, 2.24) is 10.2 Å². The number of carbonyl (C=O) groups is 3. The molecule has 2 aliphatic rings. The average Bonchev–Trinajstić information content (AvgIpc) is 3.24. The highest BCUT2D eigenvalue weighted by Gasteiger charge is 2.35. The van der Waals surface area contributed by atoms with Crippen molar-refractivity contribution in [2.24, 2.45) is 5.92 Å². The van der Waals surface area contributed by atoms with Gasteiger partial charge in [0.05, 0.1) is 19.6 Å². The maximum Gasteiger partial charge on any atom is 0.242 e. The molecule has 2 saturated heterocycles. The molecular weight excluding hydrogens is 408 g/mol. The Morgan fingerprint density at radius 1 is 0.969 bits per heavy atom. The molecule has 2 aromatic rings. The highest BCUT2D eigenvalue weighted by atomic mass is 16.5. The standard InChI is InChI=1S/C24H28N4O4/c1-32-21-9-7-19(8-10-21)26-11-13-27(14-12-26)23(30)16-25-24(31)18-15-22(29)28(17-18)20-5-3-2-4-6-20/h2-10,18H,11-17H2,1H3,(H,25,31)/t18-/m0/s1. The first-order valence-electron chi connectivity index (χ1n) is 10.8. The number of carbonyl (C=O) groups excluding carboxylic acids is 3. The van der Waals surface area contributed by atoms with E-state index in [0.717, 1.165) is 30.2 Å². The number of piperazine rings is 1. The summed E-state index contributed by atoms with van der Waals surface area (Å²) >= 11 is 0. The summed E-state index contributed by atoms with van der Waals surface area (Å²) in [5, 5.41) is 2.73. The zero-order valence-electron chi connectivity index (χ0n) is 18.2. The van der Waals surface area contributed by atoms with Gasteiger partial charge < -0.3 is 24.8 Å².